The molecule has 1 aromatic carbocycles. The third-order valence-corrected chi connectivity index (χ3v) is 5.06. The minimum atomic E-state index is -0.298. The van der Waals surface area contributed by atoms with Gasteiger partial charge >= 0.3 is 0 Å². The maximum atomic E-state index is 12.7. The van der Waals surface area contributed by atoms with Crippen molar-refractivity contribution < 1.29 is 4.79 Å². The Bertz CT molecular complexity index is 490. The van der Waals surface area contributed by atoms with Crippen LogP contribution in [0.3, 0.4) is 0 Å². The average Bonchev–Trinajstić information content (AvgIpc) is 2.63. The lowest BCUT2D eigenvalue weighted by atomic mass is 9.72. The van der Waals surface area contributed by atoms with Crippen molar-refractivity contribution >= 4 is 11.6 Å². The first-order valence-electron chi connectivity index (χ1n) is 7.50. The van der Waals surface area contributed by atoms with E-state index in [2.05, 4.69) is 25.1 Å². The fourth-order valence-electron chi connectivity index (χ4n) is 3.99. The van der Waals surface area contributed by atoms with E-state index in [-0.39, 0.29) is 11.3 Å². The molecule has 2 heteroatoms. The van der Waals surface area contributed by atoms with Crippen molar-refractivity contribution in [3.63, 3.8) is 0 Å². The number of amides is 1. The number of likely N-dealkylation sites (N-methyl/N-ethyl adjacent to an activating group) is 1. The summed E-state index contributed by atoms with van der Waals surface area (Å²) < 4.78 is 0. The molecule has 19 heavy (non-hydrogen) atoms. The van der Waals surface area contributed by atoms with E-state index in [1.165, 1.54) is 37.7 Å². The topological polar surface area (TPSA) is 20.3 Å². The van der Waals surface area contributed by atoms with Crippen LogP contribution in [0.5, 0.6) is 0 Å². The maximum Gasteiger partial charge on any atom is 0.237 e. The fourth-order valence-corrected chi connectivity index (χ4v) is 3.99. The molecule has 0 N–H and O–H groups in total. The molecule has 0 radical (unpaired) electrons. The number of nitrogens with zero attached hydrogens (tertiary/aromatic N) is 1. The largest absolute Gasteiger partial charge is 0.314 e. The molecule has 1 heterocycles. The molecule has 0 aromatic heterocycles. The number of fused-ring (bicyclic) bond motifs is 1. The molecule has 3 rings (SSSR count). The Morgan fingerprint density at radius 1 is 1.21 bits per heavy atom. The lowest BCUT2D eigenvalue weighted by Crippen LogP contribution is -2.38. The summed E-state index contributed by atoms with van der Waals surface area (Å²) in [6, 6.07) is 8.29. The van der Waals surface area contributed by atoms with Crippen molar-refractivity contribution in [1.29, 1.82) is 0 Å². The maximum absolute atomic E-state index is 12.7. The number of hydrogen-bond donors (Lipinski definition) is 0. The van der Waals surface area contributed by atoms with E-state index in [1.54, 1.807) is 0 Å². The van der Waals surface area contributed by atoms with Crippen LogP contribution in [0.1, 0.15) is 51.0 Å². The van der Waals surface area contributed by atoms with E-state index >= 15 is 0 Å². The molecule has 1 aliphatic carbocycles. The van der Waals surface area contributed by atoms with E-state index in [0.29, 0.717) is 0 Å². The second kappa shape index (κ2) is 4.66. The van der Waals surface area contributed by atoms with Crippen molar-refractivity contribution in [2.24, 2.45) is 5.92 Å². The van der Waals surface area contributed by atoms with E-state index in [4.69, 9.17) is 0 Å². The molecule has 1 aliphatic heterocycles. The molecule has 1 aromatic rings. The summed E-state index contributed by atoms with van der Waals surface area (Å²) in [6.45, 7) is 2.15. The van der Waals surface area contributed by atoms with Crippen molar-refractivity contribution in [2.45, 2.75) is 50.9 Å². The number of hydrogen-bond acceptors (Lipinski definition) is 1. The van der Waals surface area contributed by atoms with Crippen LogP contribution in [-0.2, 0) is 10.2 Å². The van der Waals surface area contributed by atoms with Crippen LogP contribution in [-0.4, -0.2) is 13.0 Å². The van der Waals surface area contributed by atoms with Crippen LogP contribution in [0.4, 0.5) is 5.69 Å². The van der Waals surface area contributed by atoms with Gasteiger partial charge in [-0.25, -0.2) is 0 Å². The molecular weight excluding hydrogens is 234 g/mol. The quantitative estimate of drug-likeness (QED) is 0.787. The Kier molecular flexibility index (Phi) is 3.12. The van der Waals surface area contributed by atoms with Gasteiger partial charge in [0.25, 0.3) is 0 Å². The van der Waals surface area contributed by atoms with Gasteiger partial charge in [-0.15, -0.1) is 0 Å². The van der Waals surface area contributed by atoms with E-state index in [0.717, 1.165) is 18.0 Å². The number of para-hydroxylation sites is 1. The highest BCUT2D eigenvalue weighted by Gasteiger charge is 2.46. The summed E-state index contributed by atoms with van der Waals surface area (Å²) in [5.41, 5.74) is 2.03. The summed E-state index contributed by atoms with van der Waals surface area (Å²) in [5.74, 6) is 1.00. The Labute approximate surface area is 115 Å². The monoisotopic (exact) mass is 257 g/mol. The van der Waals surface area contributed by atoms with Crippen molar-refractivity contribution in [2.75, 3.05) is 11.9 Å². The smallest absolute Gasteiger partial charge is 0.237 e. The van der Waals surface area contributed by atoms with Crippen LogP contribution in [0.2, 0.25) is 0 Å². The van der Waals surface area contributed by atoms with Crippen molar-refractivity contribution in [1.82, 2.24) is 0 Å². The van der Waals surface area contributed by atoms with Crippen molar-refractivity contribution in [3.8, 4) is 0 Å². The summed E-state index contributed by atoms with van der Waals surface area (Å²) in [4.78, 5) is 14.5. The third-order valence-electron chi connectivity index (χ3n) is 5.06. The van der Waals surface area contributed by atoms with Gasteiger partial charge in [0.15, 0.2) is 0 Å². The second-order valence-corrected chi connectivity index (χ2v) is 6.42. The molecule has 1 atom stereocenters. The van der Waals surface area contributed by atoms with E-state index < -0.39 is 0 Å². The van der Waals surface area contributed by atoms with E-state index in [1.807, 2.05) is 18.0 Å². The minimum absolute atomic E-state index is 0.277. The Morgan fingerprint density at radius 2 is 1.89 bits per heavy atom. The van der Waals surface area contributed by atoms with Gasteiger partial charge in [0.2, 0.25) is 5.91 Å². The molecule has 2 nitrogen and oxygen atoms in total. The number of rotatable bonds is 2. The molecule has 1 saturated carbocycles. The number of carbonyl (C=O) groups excluding carboxylic acids is 1. The first-order valence-corrected chi connectivity index (χ1v) is 7.50. The zero-order valence-electron chi connectivity index (χ0n) is 12.0. The highest BCUT2D eigenvalue weighted by Crippen LogP contribution is 2.46. The average molecular weight is 257 g/mol. The van der Waals surface area contributed by atoms with Crippen LogP contribution in [0.25, 0.3) is 0 Å². The highest BCUT2D eigenvalue weighted by molar-refractivity contribution is 6.07. The number of benzene rings is 1. The molecule has 1 fully saturated rings. The molecule has 0 bridgehead atoms. The highest BCUT2D eigenvalue weighted by atomic mass is 16.2. The fraction of sp³-hybridized carbons (Fsp3) is 0.588. The molecular formula is C17H23NO. The Morgan fingerprint density at radius 3 is 2.63 bits per heavy atom. The summed E-state index contributed by atoms with van der Waals surface area (Å²) in [7, 11) is 1.91. The standard InChI is InChI=1S/C17H23NO/c1-17(12-13-8-4-3-5-9-13)14-10-6-7-11-15(14)18(2)16(17)19/h6-7,10-11,13H,3-5,8-9,12H2,1-2H3/t17-/m0/s1. The summed E-state index contributed by atoms with van der Waals surface area (Å²) >= 11 is 0. The van der Waals surface area contributed by atoms with Gasteiger partial charge in [0.05, 0.1) is 5.41 Å². The van der Waals surface area contributed by atoms with Gasteiger partial charge in [-0.2, -0.15) is 0 Å². The molecule has 0 saturated heterocycles. The zero-order valence-corrected chi connectivity index (χ0v) is 12.0. The van der Waals surface area contributed by atoms with Crippen LogP contribution < -0.4 is 4.90 Å². The number of carbonyl (C=O) groups is 1. The van der Waals surface area contributed by atoms with Gasteiger partial charge in [0.1, 0.15) is 0 Å². The first-order chi connectivity index (χ1) is 9.13. The molecule has 0 unspecified atom stereocenters. The minimum Gasteiger partial charge on any atom is -0.314 e. The summed E-state index contributed by atoms with van der Waals surface area (Å²) in [5, 5.41) is 0. The molecule has 1 amide bonds. The van der Waals surface area contributed by atoms with Crippen molar-refractivity contribution in [3.05, 3.63) is 29.8 Å². The third kappa shape index (κ3) is 1.98. The van der Waals surface area contributed by atoms with Crippen LogP contribution in [0.15, 0.2) is 24.3 Å². The normalized spacial score (nSPS) is 27.7. The van der Waals surface area contributed by atoms with Gasteiger partial charge in [-0.3, -0.25) is 4.79 Å². The SMILES string of the molecule is CN1C(=O)[C@@](C)(CC2CCCCC2)c2ccccc21. The van der Waals surface area contributed by atoms with Crippen LogP contribution >= 0.6 is 0 Å². The van der Waals surface area contributed by atoms with Gasteiger partial charge in [-0.05, 0) is 30.9 Å². The lowest BCUT2D eigenvalue weighted by molar-refractivity contribution is -0.123. The van der Waals surface area contributed by atoms with E-state index in [9.17, 15) is 4.79 Å². The summed E-state index contributed by atoms with van der Waals surface area (Å²) in [6.07, 6.45) is 7.67. The van der Waals surface area contributed by atoms with Gasteiger partial charge < -0.3 is 4.90 Å². The predicted molar refractivity (Wildman–Crippen MR) is 78.4 cm³/mol. The Balaban J connectivity index is 1.91. The number of anilines is 1. The molecule has 2 aliphatic rings. The van der Waals surface area contributed by atoms with Gasteiger partial charge in [0, 0.05) is 12.7 Å². The lowest BCUT2D eigenvalue weighted by Gasteiger charge is -2.30. The van der Waals surface area contributed by atoms with Gasteiger partial charge in [-0.1, -0.05) is 50.3 Å². The Hall–Kier alpha value is -1.31. The molecule has 0 spiro atoms. The van der Waals surface area contributed by atoms with Crippen LogP contribution in [0, 0.1) is 5.92 Å². The predicted octanol–water partition coefficient (Wildman–Crippen LogP) is 3.89. The first kappa shape index (κ1) is 12.7. The zero-order chi connectivity index (χ0) is 13.5. The molecule has 102 valence electrons. The second-order valence-electron chi connectivity index (χ2n) is 6.42.